The summed E-state index contributed by atoms with van der Waals surface area (Å²) in [5.41, 5.74) is -0.769. The molecule has 0 bridgehead atoms. The zero-order valence-corrected chi connectivity index (χ0v) is 14.4. The number of aliphatic imine (C=N–C) groups is 1. The Labute approximate surface area is 144 Å². The van der Waals surface area contributed by atoms with Crippen LogP contribution in [0.25, 0.3) is 0 Å². The maximum absolute atomic E-state index is 13.0. The molecule has 1 fully saturated rings. The molecule has 136 valence electrons. The van der Waals surface area contributed by atoms with Crippen LogP contribution in [0.5, 0.6) is 0 Å². The number of aromatic nitrogens is 1. The van der Waals surface area contributed by atoms with Gasteiger partial charge < -0.3 is 5.32 Å². The van der Waals surface area contributed by atoms with Gasteiger partial charge in [0.05, 0.1) is 5.69 Å². The molecular weight excluding hydrogens is 331 g/mol. The third-order valence-corrected chi connectivity index (χ3v) is 4.74. The van der Waals surface area contributed by atoms with E-state index in [4.69, 9.17) is 0 Å². The highest BCUT2D eigenvalue weighted by Crippen LogP contribution is 2.42. The van der Waals surface area contributed by atoms with Crippen molar-refractivity contribution in [3.63, 3.8) is 0 Å². The highest BCUT2D eigenvalue weighted by Gasteiger charge is 2.44. The highest BCUT2D eigenvalue weighted by molar-refractivity contribution is 6.15. The minimum atomic E-state index is -4.48. The topological polar surface area (TPSA) is 54.4 Å². The summed E-state index contributed by atoms with van der Waals surface area (Å²) in [5, 5.41) is 2.80. The third kappa shape index (κ3) is 3.41. The smallest absolute Gasteiger partial charge is 0.308 e. The van der Waals surface area contributed by atoms with Gasteiger partial charge in [0.15, 0.2) is 0 Å². The lowest BCUT2D eigenvalue weighted by Crippen LogP contribution is -2.39. The average molecular weight is 353 g/mol. The van der Waals surface area contributed by atoms with Gasteiger partial charge in [0, 0.05) is 11.5 Å². The number of hydrogen-bond acceptors (Lipinski definition) is 3. The van der Waals surface area contributed by atoms with Crippen molar-refractivity contribution in [3.05, 3.63) is 29.1 Å². The van der Waals surface area contributed by atoms with Crippen molar-refractivity contribution in [2.45, 2.75) is 70.0 Å². The van der Waals surface area contributed by atoms with Crippen molar-refractivity contribution in [1.29, 1.82) is 0 Å². The zero-order chi connectivity index (χ0) is 18.2. The summed E-state index contributed by atoms with van der Waals surface area (Å²) in [6.45, 7) is 3.99. The van der Waals surface area contributed by atoms with E-state index in [0.29, 0.717) is 29.9 Å². The number of halogens is 3. The van der Waals surface area contributed by atoms with Crippen LogP contribution >= 0.6 is 0 Å². The molecule has 1 saturated carbocycles. The van der Waals surface area contributed by atoms with Crippen molar-refractivity contribution in [2.75, 3.05) is 0 Å². The summed E-state index contributed by atoms with van der Waals surface area (Å²) in [5.74, 6) is 0.229. The number of nitrogens with one attached hydrogen (secondary N) is 1. The summed E-state index contributed by atoms with van der Waals surface area (Å²) in [4.78, 5) is 21.1. The van der Waals surface area contributed by atoms with E-state index in [1.165, 1.54) is 6.07 Å². The number of rotatable bonds is 6. The SMILES string of the molecule is CCCC1(CCC)N=C(c2ccc(C(F)(F)F)nc2C2CC2)NC1=O. The van der Waals surface area contributed by atoms with E-state index in [9.17, 15) is 18.0 Å². The highest BCUT2D eigenvalue weighted by atomic mass is 19.4. The first-order valence-corrected chi connectivity index (χ1v) is 8.80. The Bertz CT molecular complexity index is 702. The predicted molar refractivity (Wildman–Crippen MR) is 88.4 cm³/mol. The lowest BCUT2D eigenvalue weighted by Gasteiger charge is -2.21. The predicted octanol–water partition coefficient (Wildman–Crippen LogP) is 4.19. The van der Waals surface area contributed by atoms with Gasteiger partial charge in [-0.15, -0.1) is 0 Å². The maximum atomic E-state index is 13.0. The Kier molecular flexibility index (Phi) is 4.60. The summed E-state index contributed by atoms with van der Waals surface area (Å²) in [6, 6.07) is 2.37. The molecule has 1 aromatic rings. The number of alkyl halides is 3. The first-order chi connectivity index (χ1) is 11.8. The van der Waals surface area contributed by atoms with Crippen LogP contribution in [0.15, 0.2) is 17.1 Å². The molecule has 1 amide bonds. The van der Waals surface area contributed by atoms with Crippen molar-refractivity contribution < 1.29 is 18.0 Å². The molecule has 7 heteroatoms. The fraction of sp³-hybridized carbons (Fsp3) is 0.611. The fourth-order valence-corrected chi connectivity index (χ4v) is 3.44. The van der Waals surface area contributed by atoms with Crippen molar-refractivity contribution in [3.8, 4) is 0 Å². The van der Waals surface area contributed by atoms with Gasteiger partial charge >= 0.3 is 6.18 Å². The fourth-order valence-electron chi connectivity index (χ4n) is 3.44. The standard InChI is InChI=1S/C18H22F3N3O/c1-3-9-17(10-4-2)16(25)23-15(24-17)12-7-8-13(18(19,20)21)22-14(12)11-5-6-11/h7-8,11H,3-6,9-10H2,1-2H3,(H,23,24,25). The van der Waals surface area contributed by atoms with Gasteiger partial charge in [-0.1, -0.05) is 26.7 Å². The van der Waals surface area contributed by atoms with Crippen LogP contribution in [0.2, 0.25) is 0 Å². The summed E-state index contributed by atoms with van der Waals surface area (Å²) in [6.07, 6.45) is 0.0359. The monoisotopic (exact) mass is 353 g/mol. The van der Waals surface area contributed by atoms with Crippen LogP contribution in [0.3, 0.4) is 0 Å². The van der Waals surface area contributed by atoms with Gasteiger partial charge in [0.2, 0.25) is 0 Å². The molecular formula is C18H22F3N3O. The van der Waals surface area contributed by atoms with Crippen molar-refractivity contribution in [1.82, 2.24) is 10.3 Å². The number of hydrogen-bond donors (Lipinski definition) is 1. The van der Waals surface area contributed by atoms with E-state index in [-0.39, 0.29) is 11.8 Å². The van der Waals surface area contributed by atoms with Crippen LogP contribution in [0.4, 0.5) is 13.2 Å². The first kappa shape index (κ1) is 17.9. The van der Waals surface area contributed by atoms with E-state index in [1.54, 1.807) is 0 Å². The van der Waals surface area contributed by atoms with Crippen LogP contribution in [-0.4, -0.2) is 22.3 Å². The Morgan fingerprint density at radius 1 is 1.20 bits per heavy atom. The number of nitrogens with zero attached hydrogens (tertiary/aromatic N) is 2. The summed E-state index contributed by atoms with van der Waals surface area (Å²) in [7, 11) is 0. The molecule has 2 aliphatic rings. The lowest BCUT2D eigenvalue weighted by atomic mass is 9.89. The molecule has 2 heterocycles. The largest absolute Gasteiger partial charge is 0.433 e. The number of pyridine rings is 1. The molecule has 1 aromatic heterocycles. The van der Waals surface area contributed by atoms with Crippen LogP contribution < -0.4 is 5.32 Å². The van der Waals surface area contributed by atoms with Crippen LogP contribution in [0.1, 0.15) is 75.2 Å². The van der Waals surface area contributed by atoms with Gasteiger partial charge in [-0.2, -0.15) is 13.2 Å². The van der Waals surface area contributed by atoms with Gasteiger partial charge in [-0.05, 0) is 37.8 Å². The molecule has 0 radical (unpaired) electrons. The summed E-state index contributed by atoms with van der Waals surface area (Å²) < 4.78 is 39.0. The van der Waals surface area contributed by atoms with E-state index in [2.05, 4.69) is 15.3 Å². The Morgan fingerprint density at radius 3 is 2.36 bits per heavy atom. The Hall–Kier alpha value is -1.92. The first-order valence-electron chi connectivity index (χ1n) is 8.80. The zero-order valence-electron chi connectivity index (χ0n) is 14.4. The van der Waals surface area contributed by atoms with Crippen molar-refractivity contribution in [2.24, 2.45) is 4.99 Å². The molecule has 3 rings (SSSR count). The molecule has 0 aromatic carbocycles. The van der Waals surface area contributed by atoms with Crippen molar-refractivity contribution >= 4 is 11.7 Å². The van der Waals surface area contributed by atoms with Gasteiger partial charge in [0.1, 0.15) is 17.1 Å². The van der Waals surface area contributed by atoms with Gasteiger partial charge in [-0.3, -0.25) is 9.79 Å². The van der Waals surface area contributed by atoms with Gasteiger partial charge in [0.25, 0.3) is 5.91 Å². The number of carbonyl (C=O) groups is 1. The second-order valence-electron chi connectivity index (χ2n) is 6.85. The average Bonchev–Trinajstić information content (AvgIpc) is 3.33. The normalized spacial score (nSPS) is 19.7. The van der Waals surface area contributed by atoms with E-state index in [0.717, 1.165) is 31.7 Å². The quantitative estimate of drug-likeness (QED) is 0.834. The maximum Gasteiger partial charge on any atom is 0.433 e. The molecule has 4 nitrogen and oxygen atoms in total. The molecule has 1 aliphatic carbocycles. The van der Waals surface area contributed by atoms with Gasteiger partial charge in [-0.25, -0.2) is 4.98 Å². The number of amides is 1. The molecule has 0 unspecified atom stereocenters. The molecule has 0 saturated heterocycles. The van der Waals surface area contributed by atoms with E-state index in [1.807, 2.05) is 13.8 Å². The Morgan fingerprint density at radius 2 is 1.84 bits per heavy atom. The third-order valence-electron chi connectivity index (χ3n) is 4.74. The van der Waals surface area contributed by atoms with Crippen LogP contribution in [-0.2, 0) is 11.0 Å². The minimum Gasteiger partial charge on any atom is -0.308 e. The molecule has 1 aliphatic heterocycles. The van der Waals surface area contributed by atoms with E-state index >= 15 is 0 Å². The second kappa shape index (κ2) is 6.42. The second-order valence-corrected chi connectivity index (χ2v) is 6.85. The van der Waals surface area contributed by atoms with Crippen LogP contribution in [0, 0.1) is 0 Å². The molecule has 0 spiro atoms. The summed E-state index contributed by atoms with van der Waals surface area (Å²) >= 11 is 0. The number of carbonyl (C=O) groups excluding carboxylic acids is 1. The molecule has 1 N–H and O–H groups in total. The number of amidine groups is 1. The minimum absolute atomic E-state index is 0.0178. The molecule has 0 atom stereocenters. The molecule has 25 heavy (non-hydrogen) atoms. The van der Waals surface area contributed by atoms with E-state index < -0.39 is 17.4 Å². The lowest BCUT2D eigenvalue weighted by molar-refractivity contribution is -0.141. The Balaban J connectivity index is 2.03.